The van der Waals surface area contributed by atoms with E-state index < -0.39 is 0 Å². The maximum atomic E-state index is 6.47. The van der Waals surface area contributed by atoms with E-state index in [4.69, 9.17) is 19.4 Å². The van der Waals surface area contributed by atoms with Crippen molar-refractivity contribution in [1.82, 2.24) is 15.0 Å². The first kappa shape index (κ1) is 28.4. The molecule has 0 unspecified atom stereocenters. The van der Waals surface area contributed by atoms with Crippen molar-refractivity contribution in [2.45, 2.75) is 6.42 Å². The minimum atomic E-state index is 0.616. The van der Waals surface area contributed by atoms with Crippen LogP contribution in [0.3, 0.4) is 0 Å². The minimum absolute atomic E-state index is 0.616. The van der Waals surface area contributed by atoms with Gasteiger partial charge in [-0.1, -0.05) is 140 Å². The van der Waals surface area contributed by atoms with Crippen molar-refractivity contribution in [1.29, 1.82) is 0 Å². The molecule has 2 aromatic heterocycles. The van der Waals surface area contributed by atoms with E-state index in [1.807, 2.05) is 48.5 Å². The minimum Gasteiger partial charge on any atom is -0.456 e. The van der Waals surface area contributed by atoms with E-state index >= 15 is 0 Å². The monoisotopic (exact) mass is 639 g/mol. The predicted molar refractivity (Wildman–Crippen MR) is 203 cm³/mol. The van der Waals surface area contributed by atoms with Crippen LogP contribution >= 0.6 is 0 Å². The lowest BCUT2D eigenvalue weighted by Gasteiger charge is -2.11. The number of nitrogens with zero attached hydrogens (tertiary/aromatic N) is 3. The van der Waals surface area contributed by atoms with Gasteiger partial charge in [0, 0.05) is 27.5 Å². The van der Waals surface area contributed by atoms with Gasteiger partial charge in [-0.2, -0.15) is 0 Å². The number of furan rings is 1. The van der Waals surface area contributed by atoms with E-state index in [-0.39, 0.29) is 0 Å². The molecule has 50 heavy (non-hydrogen) atoms. The zero-order valence-corrected chi connectivity index (χ0v) is 27.0. The maximum Gasteiger partial charge on any atom is 0.164 e. The third-order valence-electron chi connectivity index (χ3n) is 9.81. The van der Waals surface area contributed by atoms with Crippen LogP contribution in [0.2, 0.25) is 0 Å². The van der Waals surface area contributed by atoms with Gasteiger partial charge >= 0.3 is 0 Å². The Kier molecular flexibility index (Phi) is 6.53. The molecule has 4 heteroatoms. The van der Waals surface area contributed by atoms with Gasteiger partial charge in [0.05, 0.1) is 0 Å². The first-order chi connectivity index (χ1) is 24.8. The highest BCUT2D eigenvalue weighted by Crippen LogP contribution is 2.45. The fourth-order valence-corrected chi connectivity index (χ4v) is 7.39. The van der Waals surface area contributed by atoms with Crippen LogP contribution in [0.5, 0.6) is 0 Å². The molecule has 0 aliphatic heterocycles. The lowest BCUT2D eigenvalue weighted by molar-refractivity contribution is 0.669. The van der Waals surface area contributed by atoms with E-state index in [2.05, 4.69) is 115 Å². The highest BCUT2D eigenvalue weighted by atomic mass is 16.3. The van der Waals surface area contributed by atoms with Crippen molar-refractivity contribution in [3.8, 4) is 67.5 Å². The van der Waals surface area contributed by atoms with Gasteiger partial charge in [0.1, 0.15) is 11.2 Å². The Morgan fingerprint density at radius 3 is 1.66 bits per heavy atom. The lowest BCUT2D eigenvalue weighted by Crippen LogP contribution is -2.00. The van der Waals surface area contributed by atoms with Crippen LogP contribution in [0, 0.1) is 0 Å². The summed E-state index contributed by atoms with van der Waals surface area (Å²) in [5.41, 5.74) is 14.6. The van der Waals surface area contributed by atoms with Crippen molar-refractivity contribution in [3.05, 3.63) is 175 Å². The molecule has 2 heterocycles. The second-order valence-electron chi connectivity index (χ2n) is 12.8. The molecule has 0 spiro atoms. The quantitative estimate of drug-likeness (QED) is 0.188. The molecule has 0 bridgehead atoms. The average molecular weight is 640 g/mol. The lowest BCUT2D eigenvalue weighted by atomic mass is 9.92. The molecule has 0 atom stereocenters. The van der Waals surface area contributed by atoms with Crippen LogP contribution in [0.15, 0.2) is 168 Å². The van der Waals surface area contributed by atoms with Gasteiger partial charge in [0.25, 0.3) is 0 Å². The summed E-state index contributed by atoms with van der Waals surface area (Å²) in [4.78, 5) is 15.1. The van der Waals surface area contributed by atoms with Crippen LogP contribution < -0.4 is 0 Å². The van der Waals surface area contributed by atoms with Gasteiger partial charge in [-0.25, -0.2) is 15.0 Å². The molecule has 9 aromatic rings. The third kappa shape index (κ3) is 4.73. The van der Waals surface area contributed by atoms with Gasteiger partial charge in [-0.15, -0.1) is 0 Å². The molecule has 0 radical (unpaired) electrons. The van der Waals surface area contributed by atoms with Crippen molar-refractivity contribution >= 4 is 21.9 Å². The summed E-state index contributed by atoms with van der Waals surface area (Å²) in [5, 5.41) is 2.14. The molecule has 7 aromatic carbocycles. The van der Waals surface area contributed by atoms with Crippen LogP contribution in [0.25, 0.3) is 89.5 Å². The molecule has 0 saturated heterocycles. The molecule has 1 aliphatic rings. The van der Waals surface area contributed by atoms with E-state index in [1.165, 1.54) is 38.9 Å². The van der Waals surface area contributed by atoms with Gasteiger partial charge in [-0.05, 0) is 75.2 Å². The molecule has 234 valence electrons. The standard InChI is InChI=1S/C46H29N3O/c1-3-11-29(12-4-1)30-21-23-32(24-22-30)45-47-44(31-13-5-2-6-14-31)48-46(49-45)34-25-26-41-40(28-34)43-38(19-10-20-42(43)50-41)37-18-9-17-36-35-16-8-7-15-33(35)27-39(36)37/h1-26,28H,27H2. The molecule has 1 aliphatic carbocycles. The summed E-state index contributed by atoms with van der Waals surface area (Å²) in [6, 6.07) is 57.0. The van der Waals surface area contributed by atoms with Crippen LogP contribution in [0.4, 0.5) is 0 Å². The van der Waals surface area contributed by atoms with E-state index in [0.717, 1.165) is 50.6 Å². The van der Waals surface area contributed by atoms with Crippen molar-refractivity contribution in [2.24, 2.45) is 0 Å². The predicted octanol–water partition coefficient (Wildman–Crippen LogP) is 11.7. The first-order valence-corrected chi connectivity index (χ1v) is 16.9. The molecule has 0 N–H and O–H groups in total. The number of fused-ring (bicyclic) bond motifs is 6. The molecule has 4 nitrogen and oxygen atoms in total. The Bertz CT molecular complexity index is 2710. The second-order valence-corrected chi connectivity index (χ2v) is 12.8. The van der Waals surface area contributed by atoms with Gasteiger partial charge < -0.3 is 4.42 Å². The van der Waals surface area contributed by atoms with Crippen molar-refractivity contribution < 1.29 is 4.42 Å². The average Bonchev–Trinajstić information content (AvgIpc) is 3.77. The summed E-state index contributed by atoms with van der Waals surface area (Å²) < 4.78 is 6.47. The molecule has 0 fully saturated rings. The zero-order chi connectivity index (χ0) is 33.0. The fraction of sp³-hybridized carbons (Fsp3) is 0.0217. The Morgan fingerprint density at radius 2 is 0.900 bits per heavy atom. The highest BCUT2D eigenvalue weighted by Gasteiger charge is 2.23. The molecular weight excluding hydrogens is 611 g/mol. The van der Waals surface area contributed by atoms with Crippen LogP contribution in [-0.4, -0.2) is 15.0 Å². The number of benzene rings is 7. The van der Waals surface area contributed by atoms with Gasteiger partial charge in [0.15, 0.2) is 17.5 Å². The third-order valence-corrected chi connectivity index (χ3v) is 9.81. The normalized spacial score (nSPS) is 11.9. The number of hydrogen-bond donors (Lipinski definition) is 0. The van der Waals surface area contributed by atoms with Crippen molar-refractivity contribution in [3.63, 3.8) is 0 Å². The molecular formula is C46H29N3O. The van der Waals surface area contributed by atoms with Gasteiger partial charge in [-0.3, -0.25) is 0 Å². The Labute approximate surface area is 289 Å². The zero-order valence-electron chi connectivity index (χ0n) is 27.0. The van der Waals surface area contributed by atoms with E-state index in [0.29, 0.717) is 17.5 Å². The summed E-state index contributed by atoms with van der Waals surface area (Å²) in [6.45, 7) is 0. The Morgan fingerprint density at radius 1 is 0.380 bits per heavy atom. The highest BCUT2D eigenvalue weighted by molar-refractivity contribution is 6.14. The number of hydrogen-bond acceptors (Lipinski definition) is 4. The first-order valence-electron chi connectivity index (χ1n) is 16.9. The number of aromatic nitrogens is 3. The van der Waals surface area contributed by atoms with Crippen LogP contribution in [0.1, 0.15) is 11.1 Å². The largest absolute Gasteiger partial charge is 0.456 e. The number of rotatable bonds is 5. The van der Waals surface area contributed by atoms with Crippen molar-refractivity contribution in [2.75, 3.05) is 0 Å². The van der Waals surface area contributed by atoms with E-state index in [1.54, 1.807) is 0 Å². The SMILES string of the molecule is c1ccc(-c2ccc(-c3nc(-c4ccccc4)nc(-c4ccc5oc6cccc(-c7cccc8c7Cc7ccccc7-8)c6c5c4)n3)cc2)cc1. The van der Waals surface area contributed by atoms with Crippen LogP contribution in [-0.2, 0) is 6.42 Å². The Hall–Kier alpha value is -6.65. The maximum absolute atomic E-state index is 6.47. The smallest absolute Gasteiger partial charge is 0.164 e. The molecule has 0 amide bonds. The summed E-state index contributed by atoms with van der Waals surface area (Å²) in [7, 11) is 0. The summed E-state index contributed by atoms with van der Waals surface area (Å²) >= 11 is 0. The topological polar surface area (TPSA) is 51.8 Å². The Balaban J connectivity index is 1.13. The second kappa shape index (κ2) is 11.5. The van der Waals surface area contributed by atoms with E-state index in [9.17, 15) is 0 Å². The van der Waals surface area contributed by atoms with Gasteiger partial charge in [0.2, 0.25) is 0 Å². The molecule has 0 saturated carbocycles. The summed E-state index contributed by atoms with van der Waals surface area (Å²) in [5.74, 6) is 1.88. The summed E-state index contributed by atoms with van der Waals surface area (Å²) in [6.07, 6.45) is 0.918. The fourth-order valence-electron chi connectivity index (χ4n) is 7.39. The molecule has 10 rings (SSSR count).